The predicted octanol–water partition coefficient (Wildman–Crippen LogP) is 6.45. The van der Waals surface area contributed by atoms with Gasteiger partial charge in [0, 0.05) is 41.7 Å². The van der Waals surface area contributed by atoms with Crippen molar-refractivity contribution in [1.82, 2.24) is 24.4 Å². The standard InChI is InChI=1S/C33H34F2N6O2S2/c1-5-26(42)39-13-14-40(20(4)18-39)31-21-17-23(35)29-27-22(34)9-8-10-24(27)44-15-6-7-16-45-25-11-12-36-28(19(2)3)30(25)41(32(21)37-29)33(43)38-31/h5,8-12,17,19-20H,1,6-7,13-16,18H2,2-4H3/t20-/m1/s1. The molecular weight excluding hydrogens is 615 g/mol. The zero-order valence-electron chi connectivity index (χ0n) is 25.4. The van der Waals surface area contributed by atoms with Crippen LogP contribution < -0.4 is 10.6 Å². The lowest BCUT2D eigenvalue weighted by molar-refractivity contribution is -0.126. The van der Waals surface area contributed by atoms with Gasteiger partial charge in [-0.05, 0) is 67.5 Å². The first-order chi connectivity index (χ1) is 21.7. The molecule has 0 spiro atoms. The van der Waals surface area contributed by atoms with Crippen LogP contribution in [-0.2, 0) is 4.79 Å². The van der Waals surface area contributed by atoms with Crippen LogP contribution >= 0.6 is 23.5 Å². The summed E-state index contributed by atoms with van der Waals surface area (Å²) >= 11 is 3.11. The third kappa shape index (κ3) is 5.85. The Morgan fingerprint density at radius 2 is 1.82 bits per heavy atom. The number of benzene rings is 1. The minimum Gasteiger partial charge on any atom is -0.350 e. The number of carbonyl (C=O) groups is 1. The van der Waals surface area contributed by atoms with Crippen molar-refractivity contribution >= 4 is 46.3 Å². The molecule has 234 valence electrons. The molecule has 45 heavy (non-hydrogen) atoms. The minimum atomic E-state index is -0.715. The van der Waals surface area contributed by atoms with E-state index in [1.807, 2.05) is 31.7 Å². The first-order valence-electron chi connectivity index (χ1n) is 15.0. The van der Waals surface area contributed by atoms with Crippen LogP contribution in [-0.4, -0.2) is 67.5 Å². The second kappa shape index (κ2) is 12.9. The molecule has 5 heterocycles. The Morgan fingerprint density at radius 3 is 2.53 bits per heavy atom. The van der Waals surface area contributed by atoms with Crippen LogP contribution in [0.3, 0.4) is 0 Å². The normalized spacial score (nSPS) is 17.2. The maximum atomic E-state index is 16.3. The molecule has 8 nitrogen and oxygen atoms in total. The second-order valence-electron chi connectivity index (χ2n) is 11.5. The lowest BCUT2D eigenvalue weighted by Crippen LogP contribution is -2.54. The van der Waals surface area contributed by atoms with Crippen LogP contribution in [0.5, 0.6) is 0 Å². The predicted molar refractivity (Wildman–Crippen MR) is 177 cm³/mol. The van der Waals surface area contributed by atoms with Crippen molar-refractivity contribution in [2.45, 2.75) is 55.4 Å². The van der Waals surface area contributed by atoms with Crippen molar-refractivity contribution < 1.29 is 13.6 Å². The molecule has 1 fully saturated rings. The van der Waals surface area contributed by atoms with Gasteiger partial charge in [0.05, 0.1) is 22.3 Å². The van der Waals surface area contributed by atoms with Gasteiger partial charge >= 0.3 is 5.69 Å². The van der Waals surface area contributed by atoms with Crippen molar-refractivity contribution in [1.29, 1.82) is 0 Å². The van der Waals surface area contributed by atoms with E-state index in [4.69, 9.17) is 4.98 Å². The van der Waals surface area contributed by atoms with Crippen molar-refractivity contribution in [2.75, 3.05) is 36.0 Å². The molecule has 4 aromatic rings. The van der Waals surface area contributed by atoms with Crippen LogP contribution in [0.2, 0.25) is 0 Å². The topological polar surface area (TPSA) is 84.2 Å². The van der Waals surface area contributed by atoms with E-state index in [1.54, 1.807) is 35.0 Å². The number of hydrogen-bond acceptors (Lipinski definition) is 8. The maximum absolute atomic E-state index is 16.3. The number of pyridine rings is 2. The van der Waals surface area contributed by atoms with Gasteiger partial charge in [-0.2, -0.15) is 4.98 Å². The molecule has 1 saturated heterocycles. The summed E-state index contributed by atoms with van der Waals surface area (Å²) in [5.41, 5.74) is 0.740. The first-order valence-corrected chi connectivity index (χ1v) is 17.0. The number of fused-ring (bicyclic) bond motifs is 5. The Kier molecular flexibility index (Phi) is 8.96. The molecule has 6 rings (SSSR count). The van der Waals surface area contributed by atoms with Gasteiger partial charge in [0.1, 0.15) is 17.3 Å². The number of piperazine rings is 1. The average Bonchev–Trinajstić information content (AvgIpc) is 3.02. The Bertz CT molecular complexity index is 1860. The number of anilines is 1. The van der Waals surface area contributed by atoms with Gasteiger partial charge in [-0.15, -0.1) is 23.5 Å². The van der Waals surface area contributed by atoms with Crippen LogP contribution in [0.25, 0.3) is 28.0 Å². The maximum Gasteiger partial charge on any atom is 0.355 e. The molecule has 1 atom stereocenters. The van der Waals surface area contributed by atoms with Crippen LogP contribution in [0.15, 0.2) is 63.8 Å². The van der Waals surface area contributed by atoms with Gasteiger partial charge in [0.25, 0.3) is 0 Å². The summed E-state index contributed by atoms with van der Waals surface area (Å²) in [5, 5.41) is 0.318. The number of nitrogens with zero attached hydrogens (tertiary/aromatic N) is 6. The molecule has 1 amide bonds. The van der Waals surface area contributed by atoms with E-state index in [2.05, 4.69) is 16.5 Å². The molecule has 0 radical (unpaired) electrons. The average molecular weight is 649 g/mol. The Balaban J connectivity index is 1.68. The molecule has 0 saturated carbocycles. The molecule has 3 aromatic heterocycles. The molecule has 0 N–H and O–H groups in total. The Morgan fingerprint density at radius 1 is 1.07 bits per heavy atom. The number of rotatable bonds is 3. The van der Waals surface area contributed by atoms with E-state index >= 15 is 8.78 Å². The highest BCUT2D eigenvalue weighted by Gasteiger charge is 2.31. The molecule has 2 aliphatic heterocycles. The van der Waals surface area contributed by atoms with Gasteiger partial charge < -0.3 is 9.80 Å². The third-order valence-corrected chi connectivity index (χ3v) is 10.4. The van der Waals surface area contributed by atoms with Crippen molar-refractivity contribution in [3.63, 3.8) is 0 Å². The summed E-state index contributed by atoms with van der Waals surface area (Å²) < 4.78 is 33.3. The molecule has 2 aliphatic rings. The van der Waals surface area contributed by atoms with E-state index in [9.17, 15) is 9.59 Å². The summed E-state index contributed by atoms with van der Waals surface area (Å²) in [6, 6.07) is 7.66. The third-order valence-electron chi connectivity index (χ3n) is 8.14. The highest BCUT2D eigenvalue weighted by molar-refractivity contribution is 7.99. The summed E-state index contributed by atoms with van der Waals surface area (Å²) in [6.45, 7) is 10.6. The number of aromatic nitrogens is 4. The van der Waals surface area contributed by atoms with Gasteiger partial charge in [-0.25, -0.2) is 23.1 Å². The van der Waals surface area contributed by atoms with Crippen LogP contribution in [0.4, 0.5) is 14.6 Å². The highest BCUT2D eigenvalue weighted by atomic mass is 32.2. The zero-order chi connectivity index (χ0) is 31.8. The van der Waals surface area contributed by atoms with Gasteiger partial charge in [-0.1, -0.05) is 26.5 Å². The quantitative estimate of drug-likeness (QED) is 0.235. The molecule has 0 unspecified atom stereocenters. The van der Waals surface area contributed by atoms with Crippen LogP contribution in [0.1, 0.15) is 45.2 Å². The van der Waals surface area contributed by atoms with E-state index in [0.717, 1.165) is 29.2 Å². The van der Waals surface area contributed by atoms with Gasteiger partial charge in [0.2, 0.25) is 5.91 Å². The van der Waals surface area contributed by atoms with E-state index in [1.165, 1.54) is 34.5 Å². The zero-order valence-corrected chi connectivity index (χ0v) is 27.1. The highest BCUT2D eigenvalue weighted by Crippen LogP contribution is 2.39. The summed E-state index contributed by atoms with van der Waals surface area (Å²) in [7, 11) is 0. The van der Waals surface area contributed by atoms with E-state index < -0.39 is 17.3 Å². The lowest BCUT2D eigenvalue weighted by Gasteiger charge is -2.40. The summed E-state index contributed by atoms with van der Waals surface area (Å²) in [5.74, 6) is 0.292. The lowest BCUT2D eigenvalue weighted by atomic mass is 10.1. The van der Waals surface area contributed by atoms with Gasteiger partial charge in [0.15, 0.2) is 11.5 Å². The number of hydrogen-bond donors (Lipinski definition) is 0. The van der Waals surface area contributed by atoms with Crippen molar-refractivity contribution in [2.24, 2.45) is 0 Å². The smallest absolute Gasteiger partial charge is 0.350 e. The van der Waals surface area contributed by atoms with Crippen LogP contribution in [0, 0.1) is 11.6 Å². The fraction of sp³-hybridized carbons (Fsp3) is 0.364. The number of amides is 1. The molecule has 1 aromatic carbocycles. The minimum absolute atomic E-state index is 0.0500. The molecular formula is C33H34F2N6O2S2. The monoisotopic (exact) mass is 648 g/mol. The van der Waals surface area contributed by atoms with Gasteiger partial charge in [-0.3, -0.25) is 9.78 Å². The number of thioether (sulfide) groups is 2. The number of carbonyl (C=O) groups excluding carboxylic acids is 1. The van der Waals surface area contributed by atoms with Crippen molar-refractivity contribution in [3.05, 3.63) is 77.0 Å². The molecule has 12 heteroatoms. The fourth-order valence-electron chi connectivity index (χ4n) is 5.94. The summed E-state index contributed by atoms with van der Waals surface area (Å²) in [6.07, 6.45) is 4.80. The molecule has 0 aliphatic carbocycles. The second-order valence-corrected chi connectivity index (χ2v) is 13.8. The van der Waals surface area contributed by atoms with Crippen molar-refractivity contribution in [3.8, 4) is 16.9 Å². The fourth-order valence-corrected chi connectivity index (χ4v) is 8.08. The van der Waals surface area contributed by atoms with E-state index in [0.29, 0.717) is 41.3 Å². The number of halogens is 2. The Labute approximate surface area is 269 Å². The largest absolute Gasteiger partial charge is 0.355 e. The SMILES string of the molecule is C=CC(=O)N1CCN(c2nc(=O)n3c4nc(c(F)cc24)-c2c(F)cccc2SCCCCSc2ccnc(C(C)C)c2-3)[C@H](C)C1. The Hall–Kier alpha value is -3.77. The first kappa shape index (κ1) is 31.2. The summed E-state index contributed by atoms with van der Waals surface area (Å²) in [4.78, 5) is 45.6. The van der Waals surface area contributed by atoms with E-state index in [-0.39, 0.29) is 40.6 Å². The molecule has 2 bridgehead atoms.